The van der Waals surface area contributed by atoms with E-state index in [1.165, 1.54) is 10.9 Å². The molecule has 0 saturated heterocycles. The number of benzene rings is 1. The molecular weight excluding hydrogens is 263 g/mol. The second kappa shape index (κ2) is 7.89. The molecule has 2 atom stereocenters. The Balaban J connectivity index is 2.57. The van der Waals surface area contributed by atoms with Gasteiger partial charge in [-0.3, -0.25) is 0 Å². The first-order valence-electron chi connectivity index (χ1n) is 6.17. The van der Waals surface area contributed by atoms with Crippen molar-refractivity contribution in [3.05, 3.63) is 30.3 Å². The van der Waals surface area contributed by atoms with E-state index in [1.54, 1.807) is 0 Å². The average Bonchev–Trinajstić information content (AvgIpc) is 2.30. The standard InChI is InChI=1S/C14H22OSe/c1-3-8-13(15)14(9-4-2)16-12-10-6-5-7-11-12/h5-7,10-11,13-15H,3-4,8-9H2,1-2H3/t13-,14+/m0/s1. The fourth-order valence-electron chi connectivity index (χ4n) is 1.77. The molecule has 1 aromatic carbocycles. The van der Waals surface area contributed by atoms with E-state index in [2.05, 4.69) is 44.2 Å². The van der Waals surface area contributed by atoms with Gasteiger partial charge in [-0.15, -0.1) is 0 Å². The van der Waals surface area contributed by atoms with Crippen LogP contribution in [0.1, 0.15) is 39.5 Å². The summed E-state index contributed by atoms with van der Waals surface area (Å²) in [7, 11) is 0. The number of hydrogen-bond acceptors (Lipinski definition) is 1. The quantitative estimate of drug-likeness (QED) is 0.764. The van der Waals surface area contributed by atoms with Gasteiger partial charge in [-0.1, -0.05) is 0 Å². The molecule has 0 heterocycles. The molecule has 1 aromatic rings. The summed E-state index contributed by atoms with van der Waals surface area (Å²) in [4.78, 5) is 0.486. The van der Waals surface area contributed by atoms with Crippen molar-refractivity contribution < 1.29 is 5.11 Å². The molecule has 90 valence electrons. The summed E-state index contributed by atoms with van der Waals surface area (Å²) in [6, 6.07) is 10.6. The van der Waals surface area contributed by atoms with Crippen LogP contribution in [0.25, 0.3) is 0 Å². The molecule has 0 unspecified atom stereocenters. The zero-order chi connectivity index (χ0) is 11.8. The summed E-state index contributed by atoms with van der Waals surface area (Å²) >= 11 is 0.409. The molecule has 0 aliphatic carbocycles. The van der Waals surface area contributed by atoms with Crippen LogP contribution in [0.4, 0.5) is 0 Å². The third kappa shape index (κ3) is 4.69. The first-order chi connectivity index (χ1) is 7.77. The van der Waals surface area contributed by atoms with E-state index in [9.17, 15) is 5.11 Å². The summed E-state index contributed by atoms with van der Waals surface area (Å²) in [6.45, 7) is 4.34. The zero-order valence-corrected chi connectivity index (χ0v) is 11.9. The van der Waals surface area contributed by atoms with E-state index in [1.807, 2.05) is 0 Å². The molecule has 1 nitrogen and oxygen atoms in total. The summed E-state index contributed by atoms with van der Waals surface area (Å²) in [5, 5.41) is 10.1. The van der Waals surface area contributed by atoms with E-state index < -0.39 is 0 Å². The van der Waals surface area contributed by atoms with Gasteiger partial charge in [-0.05, 0) is 0 Å². The second-order valence-electron chi connectivity index (χ2n) is 4.11. The van der Waals surface area contributed by atoms with Gasteiger partial charge in [0.05, 0.1) is 0 Å². The van der Waals surface area contributed by atoms with E-state index in [-0.39, 0.29) is 6.10 Å². The van der Waals surface area contributed by atoms with E-state index >= 15 is 0 Å². The molecule has 0 aromatic heterocycles. The van der Waals surface area contributed by atoms with Crippen LogP contribution in [0.15, 0.2) is 30.3 Å². The minimum absolute atomic E-state index is 0.106. The van der Waals surface area contributed by atoms with Gasteiger partial charge in [0.2, 0.25) is 0 Å². The van der Waals surface area contributed by atoms with Crippen molar-refractivity contribution in [2.24, 2.45) is 0 Å². The van der Waals surface area contributed by atoms with Crippen LogP contribution in [-0.2, 0) is 0 Å². The van der Waals surface area contributed by atoms with Crippen molar-refractivity contribution in [3.8, 4) is 0 Å². The average molecular weight is 285 g/mol. The SMILES string of the molecule is CCC[C@H](O)[C@@H](CCC)[Se]c1ccccc1. The predicted molar refractivity (Wildman–Crippen MR) is 71.4 cm³/mol. The van der Waals surface area contributed by atoms with Gasteiger partial charge in [0, 0.05) is 0 Å². The van der Waals surface area contributed by atoms with Crippen molar-refractivity contribution in [2.75, 3.05) is 0 Å². The fourth-order valence-corrected chi connectivity index (χ4v) is 4.52. The molecule has 0 fully saturated rings. The molecule has 0 aliphatic heterocycles. The maximum absolute atomic E-state index is 10.1. The Morgan fingerprint density at radius 3 is 2.25 bits per heavy atom. The second-order valence-corrected chi connectivity index (χ2v) is 6.87. The molecule has 0 bridgehead atoms. The predicted octanol–water partition coefficient (Wildman–Crippen LogP) is 2.77. The van der Waals surface area contributed by atoms with E-state index in [0.29, 0.717) is 19.8 Å². The van der Waals surface area contributed by atoms with Gasteiger partial charge >= 0.3 is 105 Å². The monoisotopic (exact) mass is 286 g/mol. The van der Waals surface area contributed by atoms with Crippen LogP contribution in [0.2, 0.25) is 4.82 Å². The van der Waals surface area contributed by atoms with Crippen molar-refractivity contribution in [3.63, 3.8) is 0 Å². The summed E-state index contributed by atoms with van der Waals surface area (Å²) in [6.07, 6.45) is 4.23. The topological polar surface area (TPSA) is 20.2 Å². The summed E-state index contributed by atoms with van der Waals surface area (Å²) < 4.78 is 1.41. The molecule has 1 N–H and O–H groups in total. The van der Waals surface area contributed by atoms with Gasteiger partial charge in [-0.25, -0.2) is 0 Å². The van der Waals surface area contributed by atoms with Crippen molar-refractivity contribution in [2.45, 2.75) is 50.5 Å². The Hall–Kier alpha value is -0.301. The molecule has 16 heavy (non-hydrogen) atoms. The molecule has 0 radical (unpaired) electrons. The van der Waals surface area contributed by atoms with Crippen molar-refractivity contribution >= 4 is 19.4 Å². The van der Waals surface area contributed by atoms with Crippen molar-refractivity contribution in [1.29, 1.82) is 0 Å². The van der Waals surface area contributed by atoms with Crippen LogP contribution in [0, 0.1) is 0 Å². The van der Waals surface area contributed by atoms with Crippen LogP contribution >= 0.6 is 0 Å². The van der Waals surface area contributed by atoms with E-state index in [0.717, 1.165) is 19.3 Å². The number of rotatable bonds is 7. The fraction of sp³-hybridized carbons (Fsp3) is 0.571. The van der Waals surface area contributed by atoms with Crippen molar-refractivity contribution in [1.82, 2.24) is 0 Å². The molecule has 0 spiro atoms. The Kier molecular flexibility index (Phi) is 6.79. The normalized spacial score (nSPS) is 14.7. The van der Waals surface area contributed by atoms with Gasteiger partial charge in [0.25, 0.3) is 0 Å². The Bertz CT molecular complexity index is 273. The zero-order valence-electron chi connectivity index (χ0n) is 10.2. The Morgan fingerprint density at radius 1 is 1.06 bits per heavy atom. The summed E-state index contributed by atoms with van der Waals surface area (Å²) in [5.74, 6) is 0. The third-order valence-electron chi connectivity index (χ3n) is 2.62. The molecule has 2 heteroatoms. The van der Waals surface area contributed by atoms with Gasteiger partial charge in [0.15, 0.2) is 0 Å². The molecule has 1 rings (SSSR count). The first-order valence-corrected chi connectivity index (χ1v) is 8.02. The first kappa shape index (κ1) is 13.8. The van der Waals surface area contributed by atoms with Crippen LogP contribution < -0.4 is 4.46 Å². The Morgan fingerprint density at radius 2 is 1.69 bits per heavy atom. The number of hydrogen-bond donors (Lipinski definition) is 1. The number of aliphatic hydroxyl groups is 1. The van der Waals surface area contributed by atoms with Gasteiger partial charge < -0.3 is 0 Å². The molecule has 0 amide bonds. The van der Waals surface area contributed by atoms with Crippen LogP contribution in [0.5, 0.6) is 0 Å². The van der Waals surface area contributed by atoms with Crippen LogP contribution in [-0.4, -0.2) is 26.2 Å². The molecule has 0 aliphatic rings. The van der Waals surface area contributed by atoms with Gasteiger partial charge in [0.1, 0.15) is 0 Å². The maximum atomic E-state index is 10.1. The number of aliphatic hydroxyl groups excluding tert-OH is 1. The third-order valence-corrected chi connectivity index (χ3v) is 5.55. The van der Waals surface area contributed by atoms with E-state index in [4.69, 9.17) is 0 Å². The molecular formula is C14H22OSe. The van der Waals surface area contributed by atoms with Gasteiger partial charge in [-0.2, -0.15) is 0 Å². The summed E-state index contributed by atoms with van der Waals surface area (Å²) in [5.41, 5.74) is 0. The Labute approximate surface area is 105 Å². The minimum atomic E-state index is -0.106. The molecule has 0 saturated carbocycles. The van der Waals surface area contributed by atoms with Crippen LogP contribution in [0.3, 0.4) is 0 Å².